The number of nitrogens with zero attached hydrogens (tertiary/aromatic N) is 2. The predicted molar refractivity (Wildman–Crippen MR) is 125 cm³/mol. The molecule has 0 aliphatic heterocycles. The number of hydrogen-bond acceptors (Lipinski definition) is 5. The van der Waals surface area contributed by atoms with Crippen molar-refractivity contribution in [2.24, 2.45) is 5.92 Å². The Hall–Kier alpha value is -2.88. The van der Waals surface area contributed by atoms with Crippen molar-refractivity contribution in [1.82, 2.24) is 9.55 Å². The van der Waals surface area contributed by atoms with Gasteiger partial charge in [-0.2, -0.15) is 13.2 Å². The van der Waals surface area contributed by atoms with Gasteiger partial charge in [0.2, 0.25) is 0 Å². The van der Waals surface area contributed by atoms with Crippen LogP contribution in [0.15, 0.2) is 47.6 Å². The average molecular weight is 509 g/mol. The van der Waals surface area contributed by atoms with E-state index in [-0.39, 0.29) is 23.4 Å². The van der Waals surface area contributed by atoms with Gasteiger partial charge in [-0.3, -0.25) is 18.6 Å². The molecule has 2 atom stereocenters. The molecule has 1 aromatic carbocycles. The third-order valence-electron chi connectivity index (χ3n) is 6.20. The van der Waals surface area contributed by atoms with Gasteiger partial charge in [0.05, 0.1) is 33.7 Å². The minimum absolute atomic E-state index is 0.0331. The summed E-state index contributed by atoms with van der Waals surface area (Å²) in [4.78, 5) is 16.9. The van der Waals surface area contributed by atoms with Gasteiger partial charge in [-0.25, -0.2) is 0 Å². The highest BCUT2D eigenvalue weighted by Gasteiger charge is 2.30. The monoisotopic (exact) mass is 508 g/mol. The Morgan fingerprint density at radius 1 is 1.23 bits per heavy atom. The number of fused-ring (bicyclic) bond motifs is 1. The maximum atomic E-state index is 13.5. The second kappa shape index (κ2) is 10.4. The topological polar surface area (TPSA) is 70.4 Å². The summed E-state index contributed by atoms with van der Waals surface area (Å²) >= 11 is 0. The largest absolute Gasteiger partial charge is 0.484 e. The summed E-state index contributed by atoms with van der Waals surface area (Å²) in [5, 5.41) is 1.28. The van der Waals surface area contributed by atoms with Crippen LogP contribution in [-0.2, 0) is 26.1 Å². The van der Waals surface area contributed by atoms with Gasteiger partial charge in [-0.05, 0) is 44.9 Å². The predicted octanol–water partition coefficient (Wildman–Crippen LogP) is 5.85. The van der Waals surface area contributed by atoms with Crippen molar-refractivity contribution >= 4 is 27.7 Å². The van der Waals surface area contributed by atoms with Crippen molar-refractivity contribution in [3.05, 3.63) is 53.9 Å². The van der Waals surface area contributed by atoms with Crippen LogP contribution in [0, 0.1) is 12.8 Å². The molecule has 0 bridgehead atoms. The van der Waals surface area contributed by atoms with E-state index in [0.717, 1.165) is 36.6 Å². The Bertz CT molecular complexity index is 1240. The Balaban J connectivity index is 1.60. The van der Waals surface area contributed by atoms with Gasteiger partial charge in [0.1, 0.15) is 10.8 Å². The minimum atomic E-state index is -4.47. The number of esters is 1. The quantitative estimate of drug-likeness (QED) is 0.357. The zero-order chi connectivity index (χ0) is 25.2. The highest BCUT2D eigenvalue weighted by Crippen LogP contribution is 2.32. The van der Waals surface area contributed by atoms with Crippen LogP contribution in [0.4, 0.5) is 13.2 Å². The lowest BCUT2D eigenvalue weighted by atomic mass is 10.1. The van der Waals surface area contributed by atoms with Crippen molar-refractivity contribution in [2.75, 3.05) is 6.61 Å². The molecule has 2 heterocycles. The number of rotatable bonds is 8. The summed E-state index contributed by atoms with van der Waals surface area (Å²) in [6.45, 7) is 1.92. The molecule has 35 heavy (non-hydrogen) atoms. The van der Waals surface area contributed by atoms with Crippen LogP contribution < -0.4 is 4.74 Å². The van der Waals surface area contributed by atoms with E-state index in [1.165, 1.54) is 12.3 Å². The number of pyridine rings is 1. The maximum absolute atomic E-state index is 13.5. The lowest BCUT2D eigenvalue weighted by Gasteiger charge is -2.21. The molecule has 1 aliphatic carbocycles. The molecule has 6 nitrogen and oxygen atoms in total. The van der Waals surface area contributed by atoms with Gasteiger partial charge in [-0.1, -0.05) is 31.0 Å². The standard InChI is InChI=1S/C25H27F3N2O4S/c1-16-20(29-12-11-22(16)33-15-25(26,27)28)14-35(32)23-13-19-9-5-6-10-21(19)30(23)17(2)34-24(31)18-7-3-4-8-18/h5-6,9-13,17-18H,3-4,7-8,14-15H2,1-2H3. The molecule has 1 saturated carbocycles. The molecular formula is C25H27F3N2O4S. The van der Waals surface area contributed by atoms with E-state index in [4.69, 9.17) is 9.47 Å². The number of ether oxygens (including phenoxy) is 2. The molecule has 1 fully saturated rings. The molecular weight excluding hydrogens is 481 g/mol. The van der Waals surface area contributed by atoms with Crippen LogP contribution in [0.25, 0.3) is 10.9 Å². The van der Waals surface area contributed by atoms with Crippen LogP contribution in [0.5, 0.6) is 5.75 Å². The van der Waals surface area contributed by atoms with E-state index in [9.17, 15) is 22.2 Å². The van der Waals surface area contributed by atoms with Crippen LogP contribution in [-0.4, -0.2) is 32.5 Å². The highest BCUT2D eigenvalue weighted by molar-refractivity contribution is 7.84. The second-order valence-electron chi connectivity index (χ2n) is 8.70. The van der Waals surface area contributed by atoms with Gasteiger partial charge in [0, 0.05) is 17.1 Å². The summed E-state index contributed by atoms with van der Waals surface area (Å²) in [6.07, 6.45) is -0.166. The number of carbonyl (C=O) groups is 1. The maximum Gasteiger partial charge on any atom is 0.422 e. The summed E-state index contributed by atoms with van der Waals surface area (Å²) in [5.41, 5.74) is 1.54. The molecule has 188 valence electrons. The second-order valence-corrected chi connectivity index (χ2v) is 10.1. The van der Waals surface area contributed by atoms with Crippen LogP contribution in [0.3, 0.4) is 0 Å². The van der Waals surface area contributed by atoms with Gasteiger partial charge >= 0.3 is 12.1 Å². The Labute approximate surface area is 203 Å². The first-order chi connectivity index (χ1) is 16.6. The third-order valence-corrected chi connectivity index (χ3v) is 7.52. The summed E-state index contributed by atoms with van der Waals surface area (Å²) in [5.74, 6) is -0.353. The van der Waals surface area contributed by atoms with Crippen molar-refractivity contribution in [2.45, 2.75) is 62.7 Å². The smallest absolute Gasteiger partial charge is 0.422 e. The number of carbonyl (C=O) groups excluding carboxylic acids is 1. The molecule has 0 amide bonds. The fourth-order valence-electron chi connectivity index (χ4n) is 4.40. The zero-order valence-electron chi connectivity index (χ0n) is 19.5. The fourth-order valence-corrected chi connectivity index (χ4v) is 5.81. The number of alkyl halides is 3. The van der Waals surface area contributed by atoms with E-state index in [0.29, 0.717) is 16.3 Å². The van der Waals surface area contributed by atoms with Crippen LogP contribution in [0.1, 0.15) is 50.1 Å². The highest BCUT2D eigenvalue weighted by atomic mass is 32.2. The van der Waals surface area contributed by atoms with Crippen LogP contribution >= 0.6 is 0 Å². The van der Waals surface area contributed by atoms with Crippen molar-refractivity contribution in [3.63, 3.8) is 0 Å². The van der Waals surface area contributed by atoms with Gasteiger partial charge < -0.3 is 9.47 Å². The summed E-state index contributed by atoms with van der Waals surface area (Å²) in [6, 6.07) is 10.6. The number of halogens is 3. The lowest BCUT2D eigenvalue weighted by Crippen LogP contribution is -2.21. The minimum Gasteiger partial charge on any atom is -0.484 e. The van der Waals surface area contributed by atoms with Gasteiger partial charge in [0.15, 0.2) is 12.8 Å². The lowest BCUT2D eigenvalue weighted by molar-refractivity contribution is -0.157. The molecule has 0 N–H and O–H groups in total. The van der Waals surface area contributed by atoms with Crippen molar-refractivity contribution < 1.29 is 31.6 Å². The van der Waals surface area contributed by atoms with E-state index in [2.05, 4.69) is 4.98 Å². The van der Waals surface area contributed by atoms with Gasteiger partial charge in [0.25, 0.3) is 0 Å². The molecule has 10 heteroatoms. The van der Waals surface area contributed by atoms with E-state index >= 15 is 0 Å². The van der Waals surface area contributed by atoms with Gasteiger partial charge in [-0.15, -0.1) is 0 Å². The number of benzene rings is 1. The molecule has 1 aliphatic rings. The fraction of sp³-hybridized carbons (Fsp3) is 0.440. The van der Waals surface area contributed by atoms with E-state index in [1.807, 2.05) is 24.3 Å². The number of hydrogen-bond donors (Lipinski definition) is 0. The molecule has 3 aromatic rings. The Morgan fingerprint density at radius 2 is 1.94 bits per heavy atom. The molecule has 0 radical (unpaired) electrons. The molecule has 4 rings (SSSR count). The first-order valence-corrected chi connectivity index (χ1v) is 12.8. The summed E-state index contributed by atoms with van der Waals surface area (Å²) in [7, 11) is -1.62. The SMILES string of the molecule is Cc1c(OCC(F)(F)F)ccnc1CS(=O)c1cc2ccccc2n1C(C)OC(=O)C1CCCC1. The van der Waals surface area contributed by atoms with Crippen molar-refractivity contribution in [1.29, 1.82) is 0 Å². The first kappa shape index (κ1) is 25.2. The average Bonchev–Trinajstić information content (AvgIpc) is 3.47. The van der Waals surface area contributed by atoms with E-state index < -0.39 is 29.8 Å². The molecule has 0 saturated heterocycles. The van der Waals surface area contributed by atoms with Crippen LogP contribution in [0.2, 0.25) is 0 Å². The molecule has 0 spiro atoms. The van der Waals surface area contributed by atoms with E-state index in [1.54, 1.807) is 24.5 Å². The molecule has 2 unspecified atom stereocenters. The Kier molecular flexibility index (Phi) is 7.49. The molecule has 2 aromatic heterocycles. The zero-order valence-corrected chi connectivity index (χ0v) is 20.3. The Morgan fingerprint density at radius 3 is 2.66 bits per heavy atom. The summed E-state index contributed by atoms with van der Waals surface area (Å²) < 4.78 is 63.7. The normalized spacial score (nSPS) is 16.4. The number of para-hydroxylation sites is 1. The first-order valence-electron chi connectivity index (χ1n) is 11.5. The van der Waals surface area contributed by atoms with Crippen molar-refractivity contribution in [3.8, 4) is 5.75 Å². The number of aromatic nitrogens is 2. The third kappa shape index (κ3) is 5.86.